The first-order valence-electron chi connectivity index (χ1n) is 8.90. The predicted octanol–water partition coefficient (Wildman–Crippen LogP) is 4.62. The molecule has 1 atom stereocenters. The molecule has 0 unspecified atom stereocenters. The van der Waals surface area contributed by atoms with E-state index in [9.17, 15) is 9.59 Å². The molecule has 0 aliphatic carbocycles. The summed E-state index contributed by atoms with van der Waals surface area (Å²) in [6, 6.07) is 26.2. The Morgan fingerprint density at radius 3 is 2.21 bits per heavy atom. The van der Waals surface area contributed by atoms with Crippen LogP contribution in [-0.2, 0) is 0 Å². The Morgan fingerprint density at radius 2 is 1.57 bits per heavy atom. The molecule has 1 amide bonds. The summed E-state index contributed by atoms with van der Waals surface area (Å²) in [7, 11) is 0. The van der Waals surface area contributed by atoms with Gasteiger partial charge in [-0.1, -0.05) is 66.7 Å². The number of thiophene rings is 1. The smallest absolute Gasteiger partial charge is 0.261 e. The van der Waals surface area contributed by atoms with E-state index in [0.29, 0.717) is 5.69 Å². The Hall–Kier alpha value is -3.44. The standard InChI is InChI=1S/C23H18N2O2S/c26-22-18(13-14-19(24-22)16-8-3-1-4-9-16)23(27)25-21(20-12-7-15-28-20)17-10-5-2-6-11-17/h1-15,21H,(H,24,26)(H,25,27)/t21-/m0/s1. The summed E-state index contributed by atoms with van der Waals surface area (Å²) in [6.45, 7) is 0. The number of nitrogens with one attached hydrogen (secondary N) is 2. The molecule has 2 aromatic heterocycles. The van der Waals surface area contributed by atoms with Crippen molar-refractivity contribution >= 4 is 17.2 Å². The SMILES string of the molecule is O=C(N[C@@H](c1ccccc1)c1cccs1)c1ccc(-c2ccccc2)[nH]c1=O. The number of carbonyl (C=O) groups is 1. The fourth-order valence-electron chi connectivity index (χ4n) is 3.07. The summed E-state index contributed by atoms with van der Waals surface area (Å²) in [5.74, 6) is -0.400. The zero-order chi connectivity index (χ0) is 19.3. The molecule has 138 valence electrons. The third-order valence-corrected chi connectivity index (χ3v) is 5.41. The lowest BCUT2D eigenvalue weighted by Crippen LogP contribution is -2.33. The van der Waals surface area contributed by atoms with Crippen molar-refractivity contribution in [2.75, 3.05) is 0 Å². The van der Waals surface area contributed by atoms with E-state index in [0.717, 1.165) is 16.0 Å². The van der Waals surface area contributed by atoms with Gasteiger partial charge in [-0.3, -0.25) is 9.59 Å². The van der Waals surface area contributed by atoms with Gasteiger partial charge in [0.05, 0.1) is 6.04 Å². The van der Waals surface area contributed by atoms with Crippen molar-refractivity contribution in [2.45, 2.75) is 6.04 Å². The van der Waals surface area contributed by atoms with Crippen molar-refractivity contribution in [2.24, 2.45) is 0 Å². The minimum Gasteiger partial charge on any atom is -0.340 e. The lowest BCUT2D eigenvalue weighted by Gasteiger charge is -2.18. The van der Waals surface area contributed by atoms with Gasteiger partial charge in [-0.05, 0) is 34.7 Å². The summed E-state index contributed by atoms with van der Waals surface area (Å²) in [5, 5.41) is 4.97. The minimum absolute atomic E-state index is 0.0946. The van der Waals surface area contributed by atoms with E-state index in [1.807, 2.05) is 78.2 Å². The molecule has 4 rings (SSSR count). The van der Waals surface area contributed by atoms with E-state index < -0.39 is 11.5 Å². The average Bonchev–Trinajstić information content (AvgIpc) is 3.27. The number of hydrogen-bond donors (Lipinski definition) is 2. The summed E-state index contributed by atoms with van der Waals surface area (Å²) in [5.41, 5.74) is 2.23. The highest BCUT2D eigenvalue weighted by molar-refractivity contribution is 7.10. The highest BCUT2D eigenvalue weighted by atomic mass is 32.1. The molecular formula is C23H18N2O2S. The topological polar surface area (TPSA) is 62.0 Å². The van der Waals surface area contributed by atoms with Gasteiger partial charge in [-0.15, -0.1) is 11.3 Å². The van der Waals surface area contributed by atoms with Crippen LogP contribution in [0.5, 0.6) is 0 Å². The second kappa shape index (κ2) is 8.06. The largest absolute Gasteiger partial charge is 0.340 e. The van der Waals surface area contributed by atoms with Gasteiger partial charge >= 0.3 is 0 Å². The Labute approximate surface area is 166 Å². The van der Waals surface area contributed by atoms with Crippen LogP contribution < -0.4 is 10.9 Å². The van der Waals surface area contributed by atoms with E-state index in [2.05, 4.69) is 10.3 Å². The molecule has 0 aliphatic rings. The van der Waals surface area contributed by atoms with E-state index in [-0.39, 0.29) is 11.6 Å². The van der Waals surface area contributed by atoms with Crippen LogP contribution in [0.4, 0.5) is 0 Å². The van der Waals surface area contributed by atoms with Crippen LogP contribution in [-0.4, -0.2) is 10.9 Å². The van der Waals surface area contributed by atoms with Crippen molar-refractivity contribution in [3.63, 3.8) is 0 Å². The lowest BCUT2D eigenvalue weighted by atomic mass is 10.0. The minimum atomic E-state index is -0.406. The molecule has 2 heterocycles. The molecule has 0 saturated heterocycles. The van der Waals surface area contributed by atoms with Crippen LogP contribution in [0.3, 0.4) is 0 Å². The fourth-order valence-corrected chi connectivity index (χ4v) is 3.87. The Kier molecular flexibility index (Phi) is 5.17. The predicted molar refractivity (Wildman–Crippen MR) is 113 cm³/mol. The lowest BCUT2D eigenvalue weighted by molar-refractivity contribution is 0.0942. The molecule has 2 N–H and O–H groups in total. The Balaban J connectivity index is 1.62. The van der Waals surface area contributed by atoms with Gasteiger partial charge in [0.25, 0.3) is 11.5 Å². The zero-order valence-electron chi connectivity index (χ0n) is 15.0. The number of benzene rings is 2. The van der Waals surface area contributed by atoms with Gasteiger partial charge < -0.3 is 10.3 Å². The Bertz CT molecular complexity index is 1120. The van der Waals surface area contributed by atoms with Crippen molar-refractivity contribution in [1.82, 2.24) is 10.3 Å². The Morgan fingerprint density at radius 1 is 0.857 bits per heavy atom. The quantitative estimate of drug-likeness (QED) is 0.526. The highest BCUT2D eigenvalue weighted by Crippen LogP contribution is 2.26. The number of amides is 1. The second-order valence-corrected chi connectivity index (χ2v) is 7.29. The molecule has 0 bridgehead atoms. The molecule has 28 heavy (non-hydrogen) atoms. The normalized spacial score (nSPS) is 11.7. The second-order valence-electron chi connectivity index (χ2n) is 6.31. The number of aromatic nitrogens is 1. The van der Waals surface area contributed by atoms with Gasteiger partial charge in [0.15, 0.2) is 0 Å². The molecule has 0 fully saturated rings. The molecule has 4 nitrogen and oxygen atoms in total. The van der Waals surface area contributed by atoms with E-state index >= 15 is 0 Å². The maximum atomic E-state index is 12.9. The first-order valence-corrected chi connectivity index (χ1v) is 9.78. The van der Waals surface area contributed by atoms with Crippen LogP contribution in [0.25, 0.3) is 11.3 Å². The van der Waals surface area contributed by atoms with Crippen LogP contribution in [0.15, 0.2) is 95.1 Å². The summed E-state index contributed by atoms with van der Waals surface area (Å²) in [4.78, 5) is 29.2. The van der Waals surface area contributed by atoms with Gasteiger partial charge in [-0.25, -0.2) is 0 Å². The van der Waals surface area contributed by atoms with Gasteiger partial charge in [0.2, 0.25) is 0 Å². The number of H-pyrrole nitrogens is 1. The number of hydrogen-bond acceptors (Lipinski definition) is 3. The van der Waals surface area contributed by atoms with Crippen LogP contribution in [0.1, 0.15) is 26.8 Å². The molecule has 4 aromatic rings. The van der Waals surface area contributed by atoms with Crippen molar-refractivity contribution in [3.8, 4) is 11.3 Å². The van der Waals surface area contributed by atoms with Crippen molar-refractivity contribution in [3.05, 3.63) is 117 Å². The zero-order valence-corrected chi connectivity index (χ0v) is 15.8. The van der Waals surface area contributed by atoms with Crippen molar-refractivity contribution in [1.29, 1.82) is 0 Å². The molecule has 2 aromatic carbocycles. The maximum Gasteiger partial charge on any atom is 0.261 e. The molecule has 5 heteroatoms. The van der Waals surface area contributed by atoms with E-state index in [4.69, 9.17) is 0 Å². The fraction of sp³-hybridized carbons (Fsp3) is 0.0435. The van der Waals surface area contributed by atoms with Crippen LogP contribution in [0.2, 0.25) is 0 Å². The van der Waals surface area contributed by atoms with E-state index in [1.54, 1.807) is 23.5 Å². The highest BCUT2D eigenvalue weighted by Gasteiger charge is 2.20. The van der Waals surface area contributed by atoms with Crippen LogP contribution in [0, 0.1) is 0 Å². The molecular weight excluding hydrogens is 368 g/mol. The molecule has 0 aliphatic heterocycles. The van der Waals surface area contributed by atoms with Crippen molar-refractivity contribution < 1.29 is 4.79 Å². The average molecular weight is 386 g/mol. The monoisotopic (exact) mass is 386 g/mol. The first-order chi connectivity index (χ1) is 13.7. The van der Waals surface area contributed by atoms with Crippen LogP contribution >= 0.6 is 11.3 Å². The maximum absolute atomic E-state index is 12.9. The van der Waals surface area contributed by atoms with Gasteiger partial charge in [0.1, 0.15) is 5.56 Å². The number of rotatable bonds is 5. The molecule has 0 saturated carbocycles. The first kappa shape index (κ1) is 17.9. The van der Waals surface area contributed by atoms with Gasteiger partial charge in [-0.2, -0.15) is 0 Å². The van der Waals surface area contributed by atoms with Gasteiger partial charge in [0, 0.05) is 10.6 Å². The van der Waals surface area contributed by atoms with E-state index in [1.165, 1.54) is 0 Å². The summed E-state index contributed by atoms with van der Waals surface area (Å²) in [6.07, 6.45) is 0. The number of carbonyl (C=O) groups excluding carboxylic acids is 1. The molecule has 0 spiro atoms. The number of aromatic amines is 1. The number of pyridine rings is 1. The third kappa shape index (κ3) is 3.80. The third-order valence-electron chi connectivity index (χ3n) is 4.47. The summed E-state index contributed by atoms with van der Waals surface area (Å²) < 4.78 is 0. The molecule has 0 radical (unpaired) electrons. The summed E-state index contributed by atoms with van der Waals surface area (Å²) >= 11 is 1.57.